The Morgan fingerprint density at radius 3 is 2.42 bits per heavy atom. The molecule has 2 rings (SSSR count). The smallest absolute Gasteiger partial charge is 0.251 e. The Kier molecular flexibility index (Phi) is 6.37. The van der Waals surface area contributed by atoms with E-state index < -0.39 is 0 Å². The monoisotopic (exact) mass is 390 g/mol. The Morgan fingerprint density at radius 1 is 1.12 bits per heavy atom. The Bertz CT molecular complexity index is 716. The number of nitrogens with one attached hydrogen (secondary N) is 2. The van der Waals surface area contributed by atoms with E-state index in [1.807, 2.05) is 31.2 Å². The van der Waals surface area contributed by atoms with E-state index in [0.717, 1.165) is 10.0 Å². The van der Waals surface area contributed by atoms with Gasteiger partial charge in [-0.2, -0.15) is 0 Å². The molecule has 0 aliphatic carbocycles. The van der Waals surface area contributed by atoms with Gasteiger partial charge in [-0.05, 0) is 42.8 Å². The molecule has 24 heavy (non-hydrogen) atoms. The van der Waals surface area contributed by atoms with Crippen LogP contribution in [-0.4, -0.2) is 25.5 Å². The summed E-state index contributed by atoms with van der Waals surface area (Å²) in [5, 5.41) is 5.46. The molecule has 0 aliphatic rings. The minimum atomic E-state index is -0.304. The topological polar surface area (TPSA) is 67.4 Å². The van der Waals surface area contributed by atoms with Gasteiger partial charge in [0, 0.05) is 10.0 Å². The van der Waals surface area contributed by atoms with Crippen LogP contribution >= 0.6 is 15.9 Å². The molecule has 2 N–H and O–H groups in total. The quantitative estimate of drug-likeness (QED) is 0.796. The van der Waals surface area contributed by atoms with Crippen molar-refractivity contribution in [2.75, 3.05) is 13.7 Å². The average Bonchev–Trinajstić information content (AvgIpc) is 2.60. The van der Waals surface area contributed by atoms with Crippen LogP contribution in [0.15, 0.2) is 53.0 Å². The number of methoxy groups -OCH3 is 1. The summed E-state index contributed by atoms with van der Waals surface area (Å²) in [6.07, 6.45) is 0. The van der Waals surface area contributed by atoms with Crippen LogP contribution in [0.5, 0.6) is 5.75 Å². The summed E-state index contributed by atoms with van der Waals surface area (Å²) in [6, 6.07) is 14.2. The lowest BCUT2D eigenvalue weighted by Crippen LogP contribution is -2.38. The molecular formula is C18H19BrN2O3. The highest BCUT2D eigenvalue weighted by molar-refractivity contribution is 9.10. The van der Waals surface area contributed by atoms with E-state index in [9.17, 15) is 9.59 Å². The number of hydrogen-bond acceptors (Lipinski definition) is 3. The number of carbonyl (C=O) groups is 2. The lowest BCUT2D eigenvalue weighted by molar-refractivity contribution is -0.120. The molecular weight excluding hydrogens is 372 g/mol. The van der Waals surface area contributed by atoms with Gasteiger partial charge in [0.05, 0.1) is 19.7 Å². The van der Waals surface area contributed by atoms with Crippen molar-refractivity contribution >= 4 is 27.7 Å². The highest BCUT2D eigenvalue weighted by Crippen LogP contribution is 2.22. The van der Waals surface area contributed by atoms with Gasteiger partial charge in [0.2, 0.25) is 5.91 Å². The zero-order chi connectivity index (χ0) is 17.5. The van der Waals surface area contributed by atoms with E-state index in [2.05, 4.69) is 26.6 Å². The maximum absolute atomic E-state index is 12.0. The van der Waals surface area contributed by atoms with Gasteiger partial charge in [-0.25, -0.2) is 0 Å². The third kappa shape index (κ3) is 4.83. The second kappa shape index (κ2) is 8.49. The molecule has 5 nitrogen and oxygen atoms in total. The summed E-state index contributed by atoms with van der Waals surface area (Å²) >= 11 is 3.46. The first-order valence-electron chi connectivity index (χ1n) is 7.47. The highest BCUT2D eigenvalue weighted by atomic mass is 79.9. The van der Waals surface area contributed by atoms with Crippen molar-refractivity contribution in [3.8, 4) is 5.75 Å². The number of carbonyl (C=O) groups excluding carboxylic acids is 2. The summed E-state index contributed by atoms with van der Waals surface area (Å²) in [5.41, 5.74) is 1.45. The minimum absolute atomic E-state index is 0.0837. The lowest BCUT2D eigenvalue weighted by atomic mass is 10.1. The van der Waals surface area contributed by atoms with Gasteiger partial charge in [0.25, 0.3) is 5.91 Å². The summed E-state index contributed by atoms with van der Waals surface area (Å²) in [6.45, 7) is 1.81. The van der Waals surface area contributed by atoms with Gasteiger partial charge in [-0.1, -0.05) is 34.1 Å². The fraction of sp³-hybridized carbons (Fsp3) is 0.222. The molecule has 0 bridgehead atoms. The Hall–Kier alpha value is -2.34. The Morgan fingerprint density at radius 2 is 1.79 bits per heavy atom. The van der Waals surface area contributed by atoms with Crippen molar-refractivity contribution in [2.24, 2.45) is 0 Å². The standard InChI is InChI=1S/C18H19BrN2O3/c1-12(15-5-3-4-6-16(15)19)21-17(22)11-20-18(23)13-7-9-14(24-2)10-8-13/h3-10,12H,11H2,1-2H3,(H,20,23)(H,21,22). The normalized spacial score (nSPS) is 11.5. The van der Waals surface area contributed by atoms with Crippen molar-refractivity contribution in [3.05, 3.63) is 64.1 Å². The summed E-state index contributed by atoms with van der Waals surface area (Å²) < 4.78 is 5.97. The fourth-order valence-corrected chi connectivity index (χ4v) is 2.83. The van der Waals surface area contributed by atoms with Gasteiger partial charge in [0.15, 0.2) is 0 Å². The van der Waals surface area contributed by atoms with Crippen molar-refractivity contribution in [1.82, 2.24) is 10.6 Å². The second-order valence-electron chi connectivity index (χ2n) is 5.22. The van der Waals surface area contributed by atoms with Crippen LogP contribution < -0.4 is 15.4 Å². The average molecular weight is 391 g/mol. The van der Waals surface area contributed by atoms with Crippen molar-refractivity contribution in [2.45, 2.75) is 13.0 Å². The number of rotatable bonds is 6. The molecule has 0 heterocycles. The van der Waals surface area contributed by atoms with Crippen molar-refractivity contribution in [3.63, 3.8) is 0 Å². The zero-order valence-corrected chi connectivity index (χ0v) is 15.1. The molecule has 0 aromatic heterocycles. The van der Waals surface area contributed by atoms with Crippen LogP contribution in [-0.2, 0) is 4.79 Å². The van der Waals surface area contributed by atoms with E-state index in [-0.39, 0.29) is 24.4 Å². The van der Waals surface area contributed by atoms with E-state index in [4.69, 9.17) is 4.74 Å². The van der Waals surface area contributed by atoms with E-state index >= 15 is 0 Å². The van der Waals surface area contributed by atoms with Gasteiger partial charge >= 0.3 is 0 Å². The number of benzene rings is 2. The predicted octanol–water partition coefficient (Wildman–Crippen LogP) is 3.06. The molecule has 0 radical (unpaired) electrons. The van der Waals surface area contributed by atoms with Crippen LogP contribution in [0, 0.1) is 0 Å². The number of ether oxygens (including phenoxy) is 1. The molecule has 2 aromatic carbocycles. The molecule has 0 fully saturated rings. The Balaban J connectivity index is 1.86. The summed E-state index contributed by atoms with van der Waals surface area (Å²) in [5.74, 6) is 0.119. The minimum Gasteiger partial charge on any atom is -0.497 e. The van der Waals surface area contributed by atoms with Gasteiger partial charge in [-0.15, -0.1) is 0 Å². The third-order valence-electron chi connectivity index (χ3n) is 3.51. The maximum Gasteiger partial charge on any atom is 0.251 e. The van der Waals surface area contributed by atoms with Crippen molar-refractivity contribution < 1.29 is 14.3 Å². The molecule has 1 unspecified atom stereocenters. The van der Waals surface area contributed by atoms with E-state index in [0.29, 0.717) is 11.3 Å². The molecule has 0 saturated heterocycles. The number of halogens is 1. The molecule has 2 amide bonds. The lowest BCUT2D eigenvalue weighted by Gasteiger charge is -2.16. The molecule has 0 aliphatic heterocycles. The fourth-order valence-electron chi connectivity index (χ4n) is 2.20. The third-order valence-corrected chi connectivity index (χ3v) is 4.23. The summed E-state index contributed by atoms with van der Waals surface area (Å²) in [4.78, 5) is 24.0. The van der Waals surface area contributed by atoms with Crippen LogP contribution in [0.1, 0.15) is 28.9 Å². The van der Waals surface area contributed by atoms with Gasteiger partial charge < -0.3 is 15.4 Å². The molecule has 1 atom stereocenters. The van der Waals surface area contributed by atoms with Gasteiger partial charge in [-0.3, -0.25) is 9.59 Å². The first-order chi connectivity index (χ1) is 11.5. The van der Waals surface area contributed by atoms with E-state index in [1.54, 1.807) is 31.4 Å². The largest absolute Gasteiger partial charge is 0.497 e. The molecule has 0 saturated carbocycles. The van der Waals surface area contributed by atoms with Crippen molar-refractivity contribution in [1.29, 1.82) is 0 Å². The second-order valence-corrected chi connectivity index (χ2v) is 6.08. The first-order valence-corrected chi connectivity index (χ1v) is 8.26. The van der Waals surface area contributed by atoms with Crippen LogP contribution in [0.4, 0.5) is 0 Å². The number of hydrogen-bond donors (Lipinski definition) is 2. The Labute approximate surface area is 149 Å². The van der Waals surface area contributed by atoms with E-state index in [1.165, 1.54) is 0 Å². The number of amides is 2. The van der Waals surface area contributed by atoms with Crippen LogP contribution in [0.25, 0.3) is 0 Å². The highest BCUT2D eigenvalue weighted by Gasteiger charge is 2.13. The predicted molar refractivity (Wildman–Crippen MR) is 96.0 cm³/mol. The molecule has 126 valence electrons. The first kappa shape index (κ1) is 18.0. The maximum atomic E-state index is 12.0. The molecule has 2 aromatic rings. The SMILES string of the molecule is COc1ccc(C(=O)NCC(=O)NC(C)c2ccccc2Br)cc1. The molecule has 0 spiro atoms. The van der Waals surface area contributed by atoms with Crippen LogP contribution in [0.3, 0.4) is 0 Å². The van der Waals surface area contributed by atoms with Crippen LogP contribution in [0.2, 0.25) is 0 Å². The molecule has 6 heteroatoms. The summed E-state index contributed by atoms with van der Waals surface area (Å²) in [7, 11) is 1.56. The van der Waals surface area contributed by atoms with Gasteiger partial charge in [0.1, 0.15) is 5.75 Å². The zero-order valence-electron chi connectivity index (χ0n) is 13.5.